The molecule has 0 aromatic carbocycles. The van der Waals surface area contributed by atoms with Crippen LogP contribution in [0.5, 0.6) is 0 Å². The van der Waals surface area contributed by atoms with E-state index in [-0.39, 0.29) is 0 Å². The summed E-state index contributed by atoms with van der Waals surface area (Å²) in [4.78, 5) is 0. The largest absolute Gasteiger partial charge is 0.381 e. The first-order chi connectivity index (χ1) is 6.75. The number of hydrogen-bond donors (Lipinski definition) is 1. The fourth-order valence-corrected chi connectivity index (χ4v) is 2.07. The first-order valence-electron chi connectivity index (χ1n) is 5.72. The van der Waals surface area contributed by atoms with Crippen LogP contribution in [0.3, 0.4) is 0 Å². The third kappa shape index (κ3) is 3.43. The van der Waals surface area contributed by atoms with Gasteiger partial charge in [0.1, 0.15) is 0 Å². The van der Waals surface area contributed by atoms with Crippen LogP contribution in [-0.2, 0) is 4.74 Å². The molecule has 0 aromatic rings. The van der Waals surface area contributed by atoms with Crippen molar-refractivity contribution < 1.29 is 4.74 Å². The van der Waals surface area contributed by atoms with Crippen LogP contribution in [0.1, 0.15) is 33.1 Å². The van der Waals surface area contributed by atoms with E-state index >= 15 is 0 Å². The van der Waals surface area contributed by atoms with Gasteiger partial charge in [0, 0.05) is 18.6 Å². The molecule has 2 atom stereocenters. The summed E-state index contributed by atoms with van der Waals surface area (Å²) in [5.41, 5.74) is 1.24. The van der Waals surface area contributed by atoms with Crippen molar-refractivity contribution in [1.82, 2.24) is 5.32 Å². The third-order valence-electron chi connectivity index (χ3n) is 2.81. The van der Waals surface area contributed by atoms with Crippen molar-refractivity contribution in [1.29, 1.82) is 0 Å². The number of rotatable bonds is 5. The summed E-state index contributed by atoms with van der Waals surface area (Å²) in [6.45, 7) is 11.3. The molecular weight excluding hydrogens is 174 g/mol. The lowest BCUT2D eigenvalue weighted by molar-refractivity contribution is 0.0444. The molecule has 0 aliphatic carbocycles. The van der Waals surface area contributed by atoms with Crippen molar-refractivity contribution in [2.24, 2.45) is 5.92 Å². The highest BCUT2D eigenvalue weighted by molar-refractivity contribution is 5.04. The Bertz CT molecular complexity index is 173. The van der Waals surface area contributed by atoms with Crippen LogP contribution in [0, 0.1) is 5.92 Å². The van der Waals surface area contributed by atoms with E-state index in [1.807, 2.05) is 0 Å². The quantitative estimate of drug-likeness (QED) is 0.683. The molecule has 1 N–H and O–H groups in total. The summed E-state index contributed by atoms with van der Waals surface area (Å²) in [6, 6.07) is 0.454. The molecule has 2 unspecified atom stereocenters. The van der Waals surface area contributed by atoms with Gasteiger partial charge in [-0.1, -0.05) is 19.1 Å². The zero-order chi connectivity index (χ0) is 10.4. The topological polar surface area (TPSA) is 21.3 Å². The fraction of sp³-hybridized carbons (Fsp3) is 0.833. The van der Waals surface area contributed by atoms with Crippen molar-refractivity contribution in [3.05, 3.63) is 12.2 Å². The van der Waals surface area contributed by atoms with E-state index in [1.54, 1.807) is 0 Å². The highest BCUT2D eigenvalue weighted by atomic mass is 16.5. The Kier molecular flexibility index (Phi) is 5.20. The summed E-state index contributed by atoms with van der Waals surface area (Å²) in [6.07, 6.45) is 3.65. The van der Waals surface area contributed by atoms with Gasteiger partial charge in [-0.25, -0.2) is 0 Å². The molecule has 14 heavy (non-hydrogen) atoms. The molecule has 1 fully saturated rings. The number of hydrogen-bond acceptors (Lipinski definition) is 2. The normalized spacial score (nSPS) is 24.6. The van der Waals surface area contributed by atoms with Gasteiger partial charge in [-0.05, 0) is 32.7 Å². The smallest absolute Gasteiger partial charge is 0.0512 e. The van der Waals surface area contributed by atoms with Crippen LogP contribution in [0.2, 0.25) is 0 Å². The van der Waals surface area contributed by atoms with E-state index in [4.69, 9.17) is 4.74 Å². The van der Waals surface area contributed by atoms with Gasteiger partial charge in [0.2, 0.25) is 0 Å². The van der Waals surface area contributed by atoms with Gasteiger partial charge in [0.15, 0.2) is 0 Å². The van der Waals surface area contributed by atoms with Crippen LogP contribution in [-0.4, -0.2) is 25.8 Å². The summed E-state index contributed by atoms with van der Waals surface area (Å²) < 4.78 is 5.51. The van der Waals surface area contributed by atoms with Crippen molar-refractivity contribution in [2.75, 3.05) is 19.8 Å². The second kappa shape index (κ2) is 6.20. The average Bonchev–Trinajstić information content (AvgIpc) is 2.19. The Hall–Kier alpha value is -0.340. The molecule has 1 aliphatic heterocycles. The summed E-state index contributed by atoms with van der Waals surface area (Å²) in [5.74, 6) is 0.632. The average molecular weight is 197 g/mol. The molecule has 0 spiro atoms. The van der Waals surface area contributed by atoms with Gasteiger partial charge in [-0.2, -0.15) is 0 Å². The van der Waals surface area contributed by atoms with E-state index in [9.17, 15) is 0 Å². The van der Waals surface area contributed by atoms with Gasteiger partial charge in [0.05, 0.1) is 6.61 Å². The monoisotopic (exact) mass is 197 g/mol. The highest BCUT2D eigenvalue weighted by Crippen LogP contribution is 2.21. The van der Waals surface area contributed by atoms with Crippen LogP contribution in [0.25, 0.3) is 0 Å². The lowest BCUT2D eigenvalue weighted by Crippen LogP contribution is -2.41. The van der Waals surface area contributed by atoms with E-state index in [2.05, 4.69) is 25.7 Å². The van der Waals surface area contributed by atoms with Gasteiger partial charge in [-0.3, -0.25) is 0 Å². The molecule has 0 bridgehead atoms. The Morgan fingerprint density at radius 1 is 1.64 bits per heavy atom. The number of ether oxygens (including phenoxy) is 1. The van der Waals surface area contributed by atoms with Crippen LogP contribution < -0.4 is 5.32 Å². The summed E-state index contributed by atoms with van der Waals surface area (Å²) >= 11 is 0. The third-order valence-corrected chi connectivity index (χ3v) is 2.81. The minimum atomic E-state index is 0.454. The predicted molar refractivity (Wildman–Crippen MR) is 60.4 cm³/mol. The lowest BCUT2D eigenvalue weighted by atomic mass is 9.89. The highest BCUT2D eigenvalue weighted by Gasteiger charge is 2.23. The minimum absolute atomic E-state index is 0.454. The number of nitrogens with one attached hydrogen (secondary N) is 1. The maximum Gasteiger partial charge on any atom is 0.0512 e. The lowest BCUT2D eigenvalue weighted by Gasteiger charge is -2.31. The maximum absolute atomic E-state index is 5.51. The van der Waals surface area contributed by atoms with E-state index in [0.717, 1.165) is 19.8 Å². The van der Waals surface area contributed by atoms with Gasteiger partial charge >= 0.3 is 0 Å². The molecule has 0 amide bonds. The first kappa shape index (κ1) is 11.7. The van der Waals surface area contributed by atoms with Crippen LogP contribution >= 0.6 is 0 Å². The molecule has 1 aliphatic rings. The molecule has 0 radical (unpaired) electrons. The van der Waals surface area contributed by atoms with Crippen LogP contribution in [0.4, 0.5) is 0 Å². The summed E-state index contributed by atoms with van der Waals surface area (Å²) in [7, 11) is 0. The van der Waals surface area contributed by atoms with Crippen molar-refractivity contribution in [3.8, 4) is 0 Å². The molecular formula is C12H23NO. The molecule has 2 heteroatoms. The Labute approximate surface area is 87.7 Å². The molecule has 82 valence electrons. The standard InChI is InChI=1S/C12H23NO/c1-4-7-13-12(10(2)3)11-6-5-8-14-9-11/h11-13H,2,4-9H2,1,3H3. The predicted octanol–water partition coefficient (Wildman–Crippen LogP) is 2.36. The first-order valence-corrected chi connectivity index (χ1v) is 5.72. The van der Waals surface area contributed by atoms with Crippen molar-refractivity contribution >= 4 is 0 Å². The fourth-order valence-electron chi connectivity index (χ4n) is 2.07. The maximum atomic E-state index is 5.51. The molecule has 0 aromatic heterocycles. The second-order valence-electron chi connectivity index (χ2n) is 4.26. The molecule has 1 rings (SSSR count). The van der Waals surface area contributed by atoms with Crippen LogP contribution in [0.15, 0.2) is 12.2 Å². The van der Waals surface area contributed by atoms with Gasteiger partial charge in [0.25, 0.3) is 0 Å². The van der Waals surface area contributed by atoms with E-state index in [0.29, 0.717) is 12.0 Å². The van der Waals surface area contributed by atoms with Gasteiger partial charge in [-0.15, -0.1) is 0 Å². The molecule has 2 nitrogen and oxygen atoms in total. The van der Waals surface area contributed by atoms with Gasteiger partial charge < -0.3 is 10.1 Å². The van der Waals surface area contributed by atoms with E-state index < -0.39 is 0 Å². The van der Waals surface area contributed by atoms with Crippen molar-refractivity contribution in [2.45, 2.75) is 39.2 Å². The molecule has 1 saturated heterocycles. The SMILES string of the molecule is C=C(C)C(NCCC)C1CCCOC1. The zero-order valence-electron chi connectivity index (χ0n) is 9.51. The van der Waals surface area contributed by atoms with E-state index in [1.165, 1.54) is 24.8 Å². The zero-order valence-corrected chi connectivity index (χ0v) is 9.51. The Balaban J connectivity index is 2.43. The van der Waals surface area contributed by atoms with Crippen molar-refractivity contribution in [3.63, 3.8) is 0 Å². The molecule has 0 saturated carbocycles. The Morgan fingerprint density at radius 3 is 2.93 bits per heavy atom. The minimum Gasteiger partial charge on any atom is -0.381 e. The molecule has 1 heterocycles. The summed E-state index contributed by atoms with van der Waals surface area (Å²) in [5, 5.41) is 3.56. The Morgan fingerprint density at radius 2 is 2.43 bits per heavy atom. The second-order valence-corrected chi connectivity index (χ2v) is 4.26.